The van der Waals surface area contributed by atoms with Gasteiger partial charge in [-0.2, -0.15) is 0 Å². The van der Waals surface area contributed by atoms with Crippen molar-refractivity contribution in [1.82, 2.24) is 0 Å². The molecule has 0 fully saturated rings. The first kappa shape index (κ1) is 12.9. The molecule has 5 nitrogen and oxygen atoms in total. The zero-order valence-corrected chi connectivity index (χ0v) is 9.55. The highest BCUT2D eigenvalue weighted by molar-refractivity contribution is 5.76. The summed E-state index contributed by atoms with van der Waals surface area (Å²) in [6.07, 6.45) is 3.98. The van der Waals surface area contributed by atoms with E-state index in [0.29, 0.717) is 0 Å². The topological polar surface area (TPSA) is 64.7 Å². The third-order valence-electron chi connectivity index (χ3n) is 2.26. The first-order chi connectivity index (χ1) is 9.06. The maximum absolute atomic E-state index is 13.3. The Morgan fingerprint density at radius 3 is 2.89 bits per heavy atom. The van der Waals surface area contributed by atoms with Crippen molar-refractivity contribution >= 4 is 5.84 Å². The van der Waals surface area contributed by atoms with Crippen LogP contribution in [0.15, 0.2) is 47.3 Å². The van der Waals surface area contributed by atoms with Gasteiger partial charge in [0.1, 0.15) is 5.82 Å². The minimum absolute atomic E-state index is 0.0298. The highest BCUT2D eigenvalue weighted by Gasteiger charge is 2.14. The highest BCUT2D eigenvalue weighted by Crippen LogP contribution is 2.21. The monoisotopic (exact) mass is 266 g/mol. The molecule has 0 radical (unpaired) electrons. The number of rotatable bonds is 2. The molecule has 0 spiro atoms. The number of aliphatic imine (C=N–C) groups is 1. The lowest BCUT2D eigenvalue weighted by molar-refractivity contribution is -0.352. The molecule has 7 heteroatoms. The summed E-state index contributed by atoms with van der Waals surface area (Å²) in [6.45, 7) is 0. The van der Waals surface area contributed by atoms with E-state index in [4.69, 9.17) is 4.74 Å². The van der Waals surface area contributed by atoms with Crippen LogP contribution in [0.5, 0.6) is 5.75 Å². The van der Waals surface area contributed by atoms with Gasteiger partial charge in [-0.3, -0.25) is 0 Å². The van der Waals surface area contributed by atoms with Gasteiger partial charge in [0.05, 0.1) is 6.42 Å². The van der Waals surface area contributed by atoms with Crippen molar-refractivity contribution in [3.05, 3.63) is 64.1 Å². The molecule has 1 aliphatic heterocycles. The second kappa shape index (κ2) is 5.38. The molecule has 0 amide bonds. The van der Waals surface area contributed by atoms with E-state index in [-0.39, 0.29) is 23.8 Å². The van der Waals surface area contributed by atoms with Crippen LogP contribution in [0.4, 0.5) is 8.78 Å². The largest absolute Gasteiger partial charge is 0.450 e. The minimum atomic E-state index is -0.738. The smallest absolute Gasteiger partial charge is 0.342 e. The molecule has 1 aromatic carbocycles. The first-order valence-electron chi connectivity index (χ1n) is 5.27. The van der Waals surface area contributed by atoms with E-state index in [0.717, 1.165) is 24.4 Å². The van der Waals surface area contributed by atoms with Gasteiger partial charge < -0.3 is 14.9 Å². The molecule has 1 aliphatic rings. The third-order valence-corrected chi connectivity index (χ3v) is 2.26. The van der Waals surface area contributed by atoms with Gasteiger partial charge in [-0.25, -0.2) is 8.78 Å². The SMILES string of the molecule is O=[N+]([O-])C1=NC=C(Oc2cc(F)ccc2F)C=CC1. The van der Waals surface area contributed by atoms with Crippen molar-refractivity contribution in [3.8, 4) is 5.75 Å². The maximum Gasteiger partial charge on any atom is 0.342 e. The maximum atomic E-state index is 13.3. The van der Waals surface area contributed by atoms with Crippen LogP contribution in [0.3, 0.4) is 0 Å². The van der Waals surface area contributed by atoms with Crippen molar-refractivity contribution in [3.63, 3.8) is 0 Å². The van der Waals surface area contributed by atoms with Gasteiger partial charge in [0.15, 0.2) is 23.5 Å². The van der Waals surface area contributed by atoms with Crippen LogP contribution in [-0.4, -0.2) is 10.8 Å². The van der Waals surface area contributed by atoms with Gasteiger partial charge in [-0.15, -0.1) is 0 Å². The lowest BCUT2D eigenvalue weighted by atomic mass is 10.3. The number of benzene rings is 1. The Morgan fingerprint density at radius 1 is 1.37 bits per heavy atom. The van der Waals surface area contributed by atoms with Crippen LogP contribution in [-0.2, 0) is 0 Å². The Kier molecular flexibility index (Phi) is 3.65. The van der Waals surface area contributed by atoms with Gasteiger partial charge in [-0.1, -0.05) is 6.08 Å². The third kappa shape index (κ3) is 3.21. The molecule has 1 aromatic rings. The summed E-state index contributed by atoms with van der Waals surface area (Å²) < 4.78 is 31.4. The van der Waals surface area contributed by atoms with E-state index in [9.17, 15) is 18.9 Å². The second-order valence-electron chi connectivity index (χ2n) is 3.62. The Balaban J connectivity index is 2.24. The van der Waals surface area contributed by atoms with Gasteiger partial charge in [0.2, 0.25) is 0 Å². The number of nitrogens with zero attached hydrogens (tertiary/aromatic N) is 2. The van der Waals surface area contributed by atoms with Crippen LogP contribution >= 0.6 is 0 Å². The molecule has 19 heavy (non-hydrogen) atoms. The Labute approximate surface area is 106 Å². The van der Waals surface area contributed by atoms with E-state index >= 15 is 0 Å². The quantitative estimate of drug-likeness (QED) is 0.610. The van der Waals surface area contributed by atoms with Crippen molar-refractivity contribution in [1.29, 1.82) is 0 Å². The van der Waals surface area contributed by atoms with Crippen molar-refractivity contribution in [2.45, 2.75) is 6.42 Å². The molecule has 0 aromatic heterocycles. The summed E-state index contributed by atoms with van der Waals surface area (Å²) >= 11 is 0. The van der Waals surface area contributed by atoms with Crippen LogP contribution in [0.25, 0.3) is 0 Å². The van der Waals surface area contributed by atoms with Crippen LogP contribution in [0.1, 0.15) is 6.42 Å². The van der Waals surface area contributed by atoms with Crippen molar-refractivity contribution in [2.24, 2.45) is 4.99 Å². The number of ether oxygens (including phenoxy) is 1. The standard InChI is InChI=1S/C12H8F2N2O3/c13-8-4-5-10(14)11(6-8)19-9-2-1-3-12(15-7-9)16(17)18/h1-2,4-7H,3H2. The Bertz CT molecular complexity index is 609. The molecule has 2 rings (SSSR count). The summed E-state index contributed by atoms with van der Waals surface area (Å²) in [5.41, 5.74) is 0. The number of amidine groups is 1. The number of allylic oxidation sites excluding steroid dienone is 1. The average Bonchev–Trinajstić information content (AvgIpc) is 2.59. The van der Waals surface area contributed by atoms with E-state index in [1.165, 1.54) is 12.2 Å². The molecule has 0 saturated carbocycles. The van der Waals surface area contributed by atoms with Gasteiger partial charge in [0.25, 0.3) is 0 Å². The predicted molar refractivity (Wildman–Crippen MR) is 63.3 cm³/mol. The number of nitro groups is 1. The Hall–Kier alpha value is -2.57. The zero-order valence-electron chi connectivity index (χ0n) is 9.55. The molecule has 0 N–H and O–H groups in total. The molecular formula is C12H8F2N2O3. The van der Waals surface area contributed by atoms with Gasteiger partial charge in [-0.05, 0) is 28.1 Å². The van der Waals surface area contributed by atoms with Crippen LogP contribution in [0.2, 0.25) is 0 Å². The molecule has 98 valence electrons. The fourth-order valence-electron chi connectivity index (χ4n) is 1.38. The van der Waals surface area contributed by atoms with Crippen LogP contribution < -0.4 is 4.74 Å². The van der Waals surface area contributed by atoms with Gasteiger partial charge in [0, 0.05) is 6.07 Å². The average molecular weight is 266 g/mol. The summed E-state index contributed by atoms with van der Waals surface area (Å²) in [4.78, 5) is 13.5. The molecule has 0 aliphatic carbocycles. The van der Waals surface area contributed by atoms with E-state index in [1.807, 2.05) is 0 Å². The summed E-state index contributed by atoms with van der Waals surface area (Å²) in [5.74, 6) is -1.87. The second-order valence-corrected chi connectivity index (χ2v) is 3.62. The Morgan fingerprint density at radius 2 is 2.16 bits per heavy atom. The minimum Gasteiger partial charge on any atom is -0.450 e. The molecule has 0 bridgehead atoms. The van der Waals surface area contributed by atoms with E-state index in [1.54, 1.807) is 0 Å². The van der Waals surface area contributed by atoms with E-state index in [2.05, 4.69) is 4.99 Å². The zero-order chi connectivity index (χ0) is 13.8. The normalized spacial score (nSPS) is 14.4. The highest BCUT2D eigenvalue weighted by atomic mass is 19.1. The van der Waals surface area contributed by atoms with Crippen molar-refractivity contribution in [2.75, 3.05) is 0 Å². The fourth-order valence-corrected chi connectivity index (χ4v) is 1.38. The summed E-state index contributed by atoms with van der Waals surface area (Å²) in [5, 5.41) is 10.5. The number of hydrogen-bond donors (Lipinski definition) is 0. The lowest BCUT2D eigenvalue weighted by Crippen LogP contribution is -2.09. The number of hydrogen-bond acceptors (Lipinski definition) is 4. The van der Waals surface area contributed by atoms with Crippen LogP contribution in [0, 0.1) is 21.7 Å². The molecular weight excluding hydrogens is 258 g/mol. The molecule has 0 unspecified atom stereocenters. The summed E-state index contributed by atoms with van der Waals surface area (Å²) in [6, 6.07) is 2.77. The lowest BCUT2D eigenvalue weighted by Gasteiger charge is -2.05. The van der Waals surface area contributed by atoms with Crippen molar-refractivity contribution < 1.29 is 18.4 Å². The fraction of sp³-hybridized carbons (Fsp3) is 0.0833. The molecule has 0 saturated heterocycles. The van der Waals surface area contributed by atoms with Gasteiger partial charge >= 0.3 is 5.84 Å². The predicted octanol–water partition coefficient (Wildman–Crippen LogP) is 2.82. The summed E-state index contributed by atoms with van der Waals surface area (Å²) in [7, 11) is 0. The molecule has 0 atom stereocenters. The number of halogens is 2. The van der Waals surface area contributed by atoms with E-state index < -0.39 is 16.6 Å². The first-order valence-corrected chi connectivity index (χ1v) is 5.27. The molecule has 1 heterocycles.